The van der Waals surface area contributed by atoms with E-state index in [4.69, 9.17) is 0 Å². The molecule has 0 amide bonds. The minimum absolute atomic E-state index is 0.540. The van der Waals surface area contributed by atoms with Gasteiger partial charge in [-0.1, -0.05) is 0 Å². The van der Waals surface area contributed by atoms with E-state index in [9.17, 15) is 8.78 Å². The van der Waals surface area contributed by atoms with Crippen LogP contribution in [0, 0.1) is 11.6 Å². The lowest BCUT2D eigenvalue weighted by molar-refractivity contribution is 0.579. The Balaban J connectivity index is 2.35. The summed E-state index contributed by atoms with van der Waals surface area (Å²) in [5.74, 6) is 0.608. The molecule has 0 aliphatic heterocycles. The summed E-state index contributed by atoms with van der Waals surface area (Å²) in [6.07, 6.45) is 2.58. The molecule has 1 aromatic carbocycles. The van der Waals surface area contributed by atoms with Crippen molar-refractivity contribution in [3.05, 3.63) is 35.4 Å². The highest BCUT2D eigenvalue weighted by Gasteiger charge is 2.01. The van der Waals surface area contributed by atoms with Crippen molar-refractivity contribution < 1.29 is 8.78 Å². The number of hydrogen-bond donors (Lipinski definition) is 2. The predicted molar refractivity (Wildman–Crippen MR) is 77.8 cm³/mol. The van der Waals surface area contributed by atoms with E-state index in [2.05, 4.69) is 15.6 Å². The Morgan fingerprint density at radius 3 is 2.37 bits per heavy atom. The van der Waals surface area contributed by atoms with Gasteiger partial charge in [0, 0.05) is 32.0 Å². The Morgan fingerprint density at radius 1 is 1.16 bits per heavy atom. The van der Waals surface area contributed by atoms with Gasteiger partial charge in [0.25, 0.3) is 0 Å². The van der Waals surface area contributed by atoms with Crippen molar-refractivity contribution in [1.82, 2.24) is 10.6 Å². The van der Waals surface area contributed by atoms with Crippen LogP contribution in [-0.4, -0.2) is 38.1 Å². The van der Waals surface area contributed by atoms with Crippen molar-refractivity contribution in [2.24, 2.45) is 4.99 Å². The van der Waals surface area contributed by atoms with Gasteiger partial charge in [0.2, 0.25) is 0 Å². The third-order valence-electron chi connectivity index (χ3n) is 2.45. The monoisotopic (exact) mass is 287 g/mol. The molecule has 106 valence electrons. The molecule has 0 saturated heterocycles. The van der Waals surface area contributed by atoms with E-state index in [0.717, 1.165) is 18.4 Å². The van der Waals surface area contributed by atoms with E-state index in [1.54, 1.807) is 18.8 Å². The van der Waals surface area contributed by atoms with Crippen LogP contribution in [0.25, 0.3) is 0 Å². The Morgan fingerprint density at radius 2 is 1.79 bits per heavy atom. The average molecular weight is 287 g/mol. The zero-order valence-electron chi connectivity index (χ0n) is 11.2. The quantitative estimate of drug-likeness (QED) is 0.477. The first-order chi connectivity index (χ1) is 9.15. The topological polar surface area (TPSA) is 36.4 Å². The molecule has 0 aliphatic carbocycles. The predicted octanol–water partition coefficient (Wildman–Crippen LogP) is 2.04. The van der Waals surface area contributed by atoms with Crippen LogP contribution < -0.4 is 10.6 Å². The molecule has 0 heterocycles. The minimum Gasteiger partial charge on any atom is -0.356 e. The number of aliphatic imine (C=N–C) groups is 1. The molecule has 1 aromatic rings. The van der Waals surface area contributed by atoms with Crippen LogP contribution >= 0.6 is 11.8 Å². The molecule has 2 N–H and O–H groups in total. The third-order valence-corrected chi connectivity index (χ3v) is 3.06. The Bertz CT molecular complexity index is 404. The minimum atomic E-state index is -0.544. The van der Waals surface area contributed by atoms with Crippen molar-refractivity contribution in [2.45, 2.75) is 6.42 Å². The standard InChI is InChI=1S/C13H19F2N3S/c1-16-13(18-5-6-19-2)17-4-3-10-7-11(14)9-12(15)8-10/h7-9H,3-6H2,1-2H3,(H2,16,17,18). The molecular weight excluding hydrogens is 268 g/mol. The molecule has 6 heteroatoms. The molecule has 1 rings (SSSR count). The number of rotatable bonds is 6. The molecular formula is C13H19F2N3S. The van der Waals surface area contributed by atoms with Gasteiger partial charge in [-0.25, -0.2) is 8.78 Å². The lowest BCUT2D eigenvalue weighted by atomic mass is 10.1. The summed E-state index contributed by atoms with van der Waals surface area (Å²) >= 11 is 1.75. The average Bonchev–Trinajstić information content (AvgIpc) is 2.36. The number of hydrogen-bond acceptors (Lipinski definition) is 2. The fourth-order valence-electron chi connectivity index (χ4n) is 1.57. The van der Waals surface area contributed by atoms with E-state index in [1.807, 2.05) is 6.26 Å². The molecule has 0 atom stereocenters. The van der Waals surface area contributed by atoms with Crippen molar-refractivity contribution >= 4 is 17.7 Å². The summed E-state index contributed by atoms with van der Waals surface area (Å²) in [6.45, 7) is 1.40. The molecule has 0 saturated carbocycles. The number of benzene rings is 1. The first-order valence-corrected chi connectivity index (χ1v) is 7.43. The smallest absolute Gasteiger partial charge is 0.191 e. The maximum atomic E-state index is 13.0. The second kappa shape index (κ2) is 8.74. The largest absolute Gasteiger partial charge is 0.356 e. The van der Waals surface area contributed by atoms with Crippen LogP contribution in [0.5, 0.6) is 0 Å². The van der Waals surface area contributed by atoms with E-state index < -0.39 is 11.6 Å². The number of guanidine groups is 1. The van der Waals surface area contributed by atoms with Gasteiger partial charge < -0.3 is 10.6 Å². The first kappa shape index (κ1) is 15.8. The van der Waals surface area contributed by atoms with Gasteiger partial charge in [0.1, 0.15) is 11.6 Å². The molecule has 0 aliphatic rings. The van der Waals surface area contributed by atoms with Crippen LogP contribution in [0.2, 0.25) is 0 Å². The molecule has 19 heavy (non-hydrogen) atoms. The van der Waals surface area contributed by atoms with Crippen LogP contribution in [0.3, 0.4) is 0 Å². The number of nitrogens with zero attached hydrogens (tertiary/aromatic N) is 1. The number of thioether (sulfide) groups is 1. The van der Waals surface area contributed by atoms with E-state index in [0.29, 0.717) is 24.5 Å². The maximum absolute atomic E-state index is 13.0. The van der Waals surface area contributed by atoms with Gasteiger partial charge in [0.05, 0.1) is 0 Å². The van der Waals surface area contributed by atoms with Crippen molar-refractivity contribution in [1.29, 1.82) is 0 Å². The van der Waals surface area contributed by atoms with Gasteiger partial charge in [-0.2, -0.15) is 11.8 Å². The van der Waals surface area contributed by atoms with Crippen molar-refractivity contribution in [3.8, 4) is 0 Å². The maximum Gasteiger partial charge on any atom is 0.191 e. The first-order valence-electron chi connectivity index (χ1n) is 6.04. The van der Waals surface area contributed by atoms with Gasteiger partial charge in [-0.05, 0) is 30.4 Å². The normalized spacial score (nSPS) is 11.5. The summed E-state index contributed by atoms with van der Waals surface area (Å²) in [5.41, 5.74) is 0.629. The second-order valence-electron chi connectivity index (χ2n) is 3.95. The fraction of sp³-hybridized carbons (Fsp3) is 0.462. The van der Waals surface area contributed by atoms with Gasteiger partial charge in [-0.3, -0.25) is 4.99 Å². The molecule has 0 bridgehead atoms. The summed E-state index contributed by atoms with van der Waals surface area (Å²) in [5, 5.41) is 6.25. The van der Waals surface area contributed by atoms with Crippen LogP contribution in [0.15, 0.2) is 23.2 Å². The molecule has 3 nitrogen and oxygen atoms in total. The molecule has 0 radical (unpaired) electrons. The lowest BCUT2D eigenvalue weighted by Crippen LogP contribution is -2.39. The Hall–Kier alpha value is -1.30. The zero-order valence-corrected chi connectivity index (χ0v) is 12.0. The second-order valence-corrected chi connectivity index (χ2v) is 4.93. The molecule has 0 aromatic heterocycles. The van der Waals surface area contributed by atoms with Gasteiger partial charge >= 0.3 is 0 Å². The molecule has 0 spiro atoms. The molecule has 0 fully saturated rings. The van der Waals surface area contributed by atoms with E-state index in [1.165, 1.54) is 12.1 Å². The van der Waals surface area contributed by atoms with Crippen LogP contribution in [0.4, 0.5) is 8.78 Å². The SMILES string of the molecule is CN=C(NCCSC)NCCc1cc(F)cc(F)c1. The van der Waals surface area contributed by atoms with Crippen LogP contribution in [-0.2, 0) is 6.42 Å². The number of halogens is 2. The summed E-state index contributed by atoms with van der Waals surface area (Å²) in [4.78, 5) is 4.06. The summed E-state index contributed by atoms with van der Waals surface area (Å²) in [6, 6.07) is 3.56. The van der Waals surface area contributed by atoms with E-state index >= 15 is 0 Å². The fourth-order valence-corrected chi connectivity index (χ4v) is 1.88. The van der Waals surface area contributed by atoms with Gasteiger partial charge in [-0.15, -0.1) is 0 Å². The Kier molecular flexibility index (Phi) is 7.25. The van der Waals surface area contributed by atoms with E-state index in [-0.39, 0.29) is 0 Å². The van der Waals surface area contributed by atoms with Crippen molar-refractivity contribution in [3.63, 3.8) is 0 Å². The van der Waals surface area contributed by atoms with Crippen LogP contribution in [0.1, 0.15) is 5.56 Å². The van der Waals surface area contributed by atoms with Gasteiger partial charge in [0.15, 0.2) is 5.96 Å². The highest BCUT2D eigenvalue weighted by molar-refractivity contribution is 7.98. The number of nitrogens with one attached hydrogen (secondary N) is 2. The molecule has 0 unspecified atom stereocenters. The Labute approximate surface area is 116 Å². The summed E-state index contributed by atoms with van der Waals surface area (Å²) < 4.78 is 26.0. The lowest BCUT2D eigenvalue weighted by Gasteiger charge is -2.11. The summed E-state index contributed by atoms with van der Waals surface area (Å²) in [7, 11) is 1.69. The highest BCUT2D eigenvalue weighted by Crippen LogP contribution is 2.07. The zero-order chi connectivity index (χ0) is 14.1. The van der Waals surface area contributed by atoms with Crippen molar-refractivity contribution in [2.75, 3.05) is 32.1 Å². The highest BCUT2D eigenvalue weighted by atomic mass is 32.2. The third kappa shape index (κ3) is 6.42.